The van der Waals surface area contributed by atoms with Crippen LogP contribution in [0.25, 0.3) is 0 Å². The van der Waals surface area contributed by atoms with Crippen LogP contribution in [0.15, 0.2) is 16.9 Å². The summed E-state index contributed by atoms with van der Waals surface area (Å²) in [5.41, 5.74) is 2.91. The molecule has 2 aromatic heterocycles. The molecule has 1 aliphatic rings. The molecule has 1 unspecified atom stereocenters. The second-order valence-corrected chi connectivity index (χ2v) is 5.54. The van der Waals surface area contributed by atoms with Crippen molar-refractivity contribution in [2.24, 2.45) is 0 Å². The molecule has 2 aromatic rings. The quantitative estimate of drug-likeness (QED) is 0.910. The van der Waals surface area contributed by atoms with Crippen molar-refractivity contribution < 1.29 is 4.52 Å². The molecule has 108 valence electrons. The molecular weight excluding hydrogens is 252 g/mol. The zero-order valence-electron chi connectivity index (χ0n) is 12.2. The number of rotatable bonds is 5. The smallest absolute Gasteiger partial charge is 0.223 e. The van der Waals surface area contributed by atoms with Crippen molar-refractivity contribution in [3.8, 4) is 0 Å². The van der Waals surface area contributed by atoms with Crippen LogP contribution in [0.2, 0.25) is 0 Å². The van der Waals surface area contributed by atoms with Crippen LogP contribution in [0.3, 0.4) is 0 Å². The number of hydrogen-bond acceptors (Lipinski definition) is 4. The maximum absolute atomic E-state index is 5.03. The molecule has 0 aromatic carbocycles. The lowest BCUT2D eigenvalue weighted by Gasteiger charge is -2.23. The van der Waals surface area contributed by atoms with Crippen LogP contribution >= 0.6 is 0 Å². The van der Waals surface area contributed by atoms with Crippen molar-refractivity contribution in [2.75, 3.05) is 6.54 Å². The molecule has 5 nitrogen and oxygen atoms in total. The van der Waals surface area contributed by atoms with E-state index in [2.05, 4.69) is 39.3 Å². The Kier molecular flexibility index (Phi) is 3.87. The second-order valence-electron chi connectivity index (χ2n) is 5.54. The van der Waals surface area contributed by atoms with Crippen molar-refractivity contribution in [3.05, 3.63) is 35.2 Å². The Morgan fingerprint density at radius 2 is 2.35 bits per heavy atom. The first-order chi connectivity index (χ1) is 9.76. The Balaban J connectivity index is 1.76. The Hall–Kier alpha value is -1.62. The number of nitrogens with one attached hydrogen (secondary N) is 1. The van der Waals surface area contributed by atoms with Gasteiger partial charge in [0.25, 0.3) is 0 Å². The standard InChI is InChI=1S/C15H22N4O/c1-3-7-16-14-6-4-5-12-8-19(9-13(12)14)10-15-17-11(2)20-18-15/h8-9,14,16H,3-7,10H2,1-2H3. The minimum Gasteiger partial charge on any atom is -0.346 e. The molecule has 0 saturated heterocycles. The third-order valence-corrected chi connectivity index (χ3v) is 3.85. The van der Waals surface area contributed by atoms with Gasteiger partial charge in [0.2, 0.25) is 5.89 Å². The van der Waals surface area contributed by atoms with Gasteiger partial charge in [0.1, 0.15) is 0 Å². The third kappa shape index (κ3) is 2.77. The van der Waals surface area contributed by atoms with Gasteiger partial charge in [-0.1, -0.05) is 12.1 Å². The lowest BCUT2D eigenvalue weighted by atomic mass is 9.91. The van der Waals surface area contributed by atoms with Gasteiger partial charge in [-0.15, -0.1) is 0 Å². The summed E-state index contributed by atoms with van der Waals surface area (Å²) in [6.45, 7) is 5.80. The van der Waals surface area contributed by atoms with Gasteiger partial charge in [-0.25, -0.2) is 0 Å². The van der Waals surface area contributed by atoms with Gasteiger partial charge < -0.3 is 14.4 Å². The van der Waals surface area contributed by atoms with Crippen molar-refractivity contribution in [2.45, 2.75) is 52.1 Å². The number of aromatic nitrogens is 3. The van der Waals surface area contributed by atoms with E-state index in [-0.39, 0.29) is 0 Å². The lowest BCUT2D eigenvalue weighted by Crippen LogP contribution is -2.24. The fourth-order valence-electron chi connectivity index (χ4n) is 2.94. The highest BCUT2D eigenvalue weighted by Crippen LogP contribution is 2.30. The molecule has 0 amide bonds. The monoisotopic (exact) mass is 274 g/mol. The maximum Gasteiger partial charge on any atom is 0.223 e. The minimum atomic E-state index is 0.506. The Labute approximate surface area is 119 Å². The second kappa shape index (κ2) is 5.79. The third-order valence-electron chi connectivity index (χ3n) is 3.85. The maximum atomic E-state index is 5.03. The summed E-state index contributed by atoms with van der Waals surface area (Å²) in [4.78, 5) is 4.27. The Bertz CT molecular complexity index is 572. The zero-order valence-corrected chi connectivity index (χ0v) is 12.2. The van der Waals surface area contributed by atoms with E-state index in [1.54, 1.807) is 0 Å². The fourth-order valence-corrected chi connectivity index (χ4v) is 2.94. The van der Waals surface area contributed by atoms with E-state index in [1.807, 2.05) is 6.92 Å². The van der Waals surface area contributed by atoms with Crippen LogP contribution in [0, 0.1) is 6.92 Å². The van der Waals surface area contributed by atoms with Crippen LogP contribution in [0.5, 0.6) is 0 Å². The molecule has 20 heavy (non-hydrogen) atoms. The van der Waals surface area contributed by atoms with Gasteiger partial charge in [-0.05, 0) is 43.4 Å². The van der Waals surface area contributed by atoms with E-state index in [4.69, 9.17) is 4.52 Å². The molecule has 1 atom stereocenters. The molecule has 3 rings (SSSR count). The first-order valence-electron chi connectivity index (χ1n) is 7.47. The Morgan fingerprint density at radius 3 is 3.10 bits per heavy atom. The molecule has 0 spiro atoms. The molecule has 1 aliphatic carbocycles. The van der Waals surface area contributed by atoms with Gasteiger partial charge in [0.15, 0.2) is 5.82 Å². The highest BCUT2D eigenvalue weighted by atomic mass is 16.5. The zero-order chi connectivity index (χ0) is 13.9. The summed E-state index contributed by atoms with van der Waals surface area (Å²) >= 11 is 0. The molecule has 2 heterocycles. The first-order valence-corrected chi connectivity index (χ1v) is 7.47. The van der Waals surface area contributed by atoms with Crippen LogP contribution in [0.4, 0.5) is 0 Å². The lowest BCUT2D eigenvalue weighted by molar-refractivity contribution is 0.386. The van der Waals surface area contributed by atoms with E-state index in [9.17, 15) is 0 Å². The molecule has 0 saturated carbocycles. The summed E-state index contributed by atoms with van der Waals surface area (Å²) in [5, 5.41) is 7.61. The number of aryl methyl sites for hydroxylation is 2. The van der Waals surface area contributed by atoms with Crippen LogP contribution in [-0.4, -0.2) is 21.3 Å². The number of fused-ring (bicyclic) bond motifs is 1. The van der Waals surface area contributed by atoms with Crippen molar-refractivity contribution in [3.63, 3.8) is 0 Å². The SMILES string of the molecule is CCCNC1CCCc2cn(Cc3noc(C)n3)cc21. The summed E-state index contributed by atoms with van der Waals surface area (Å²) in [6.07, 6.45) is 9.33. The number of nitrogens with zero attached hydrogens (tertiary/aromatic N) is 3. The predicted molar refractivity (Wildman–Crippen MR) is 76.5 cm³/mol. The van der Waals surface area contributed by atoms with Gasteiger partial charge >= 0.3 is 0 Å². The van der Waals surface area contributed by atoms with Crippen LogP contribution in [0.1, 0.15) is 55.1 Å². The molecule has 0 fully saturated rings. The largest absolute Gasteiger partial charge is 0.346 e. The van der Waals surface area contributed by atoms with Crippen molar-refractivity contribution in [1.82, 2.24) is 20.0 Å². The van der Waals surface area contributed by atoms with Gasteiger partial charge in [0.05, 0.1) is 6.54 Å². The Morgan fingerprint density at radius 1 is 1.45 bits per heavy atom. The normalized spacial score (nSPS) is 18.2. The van der Waals surface area contributed by atoms with Gasteiger partial charge in [-0.2, -0.15) is 4.98 Å². The fraction of sp³-hybridized carbons (Fsp3) is 0.600. The van der Waals surface area contributed by atoms with Crippen LogP contribution < -0.4 is 5.32 Å². The molecular formula is C15H22N4O. The van der Waals surface area contributed by atoms with Crippen molar-refractivity contribution in [1.29, 1.82) is 0 Å². The molecule has 5 heteroatoms. The highest BCUT2D eigenvalue weighted by molar-refractivity contribution is 5.30. The number of hydrogen-bond donors (Lipinski definition) is 1. The van der Waals surface area contributed by atoms with E-state index < -0.39 is 0 Å². The highest BCUT2D eigenvalue weighted by Gasteiger charge is 2.21. The van der Waals surface area contributed by atoms with Crippen molar-refractivity contribution >= 4 is 0 Å². The first kappa shape index (κ1) is 13.4. The van der Waals surface area contributed by atoms with Crippen LogP contribution in [-0.2, 0) is 13.0 Å². The summed E-state index contributed by atoms with van der Waals surface area (Å²) in [6, 6.07) is 0.506. The topological polar surface area (TPSA) is 55.9 Å². The summed E-state index contributed by atoms with van der Waals surface area (Å²) in [7, 11) is 0. The van der Waals surface area contributed by atoms with E-state index in [1.165, 1.54) is 36.8 Å². The van der Waals surface area contributed by atoms with E-state index >= 15 is 0 Å². The average molecular weight is 274 g/mol. The molecule has 0 radical (unpaired) electrons. The molecule has 1 N–H and O–H groups in total. The van der Waals surface area contributed by atoms with Gasteiger partial charge in [-0.3, -0.25) is 0 Å². The molecule has 0 bridgehead atoms. The van der Waals surface area contributed by atoms with E-state index in [0.29, 0.717) is 18.5 Å². The predicted octanol–water partition coefficient (Wildman–Crippen LogP) is 2.60. The average Bonchev–Trinajstić information content (AvgIpc) is 3.02. The van der Waals surface area contributed by atoms with E-state index in [0.717, 1.165) is 12.4 Å². The summed E-state index contributed by atoms with van der Waals surface area (Å²) in [5.74, 6) is 1.37. The summed E-state index contributed by atoms with van der Waals surface area (Å²) < 4.78 is 7.21. The molecule has 0 aliphatic heterocycles. The van der Waals surface area contributed by atoms with Gasteiger partial charge in [0, 0.05) is 25.4 Å². The minimum absolute atomic E-state index is 0.506.